The third kappa shape index (κ3) is 6.25. The minimum atomic E-state index is -4.78. The highest BCUT2D eigenvalue weighted by Gasteiger charge is 2.33. The zero-order valence-electron chi connectivity index (χ0n) is 18.1. The van der Waals surface area contributed by atoms with Crippen LogP contribution in [0.2, 0.25) is 0 Å². The molecule has 33 heavy (non-hydrogen) atoms. The molecular weight excluding hydrogens is 459 g/mol. The van der Waals surface area contributed by atoms with E-state index in [-0.39, 0.29) is 28.9 Å². The fraction of sp³-hybridized carbons (Fsp3) is 0.364. The molecule has 0 saturated carbocycles. The lowest BCUT2D eigenvalue weighted by molar-refractivity contribution is -0.274. The molecule has 1 aliphatic heterocycles. The highest BCUT2D eigenvalue weighted by Crippen LogP contribution is 2.25. The van der Waals surface area contributed by atoms with E-state index in [0.29, 0.717) is 24.0 Å². The number of nitrogens with one attached hydrogen (secondary N) is 1. The molecule has 0 fully saturated rings. The van der Waals surface area contributed by atoms with Gasteiger partial charge in [-0.1, -0.05) is 44.0 Å². The number of benzene rings is 2. The number of amides is 1. The number of alkyl halides is 3. The van der Waals surface area contributed by atoms with Crippen LogP contribution in [-0.4, -0.2) is 44.5 Å². The SMILES string of the molecule is CCCCC(N=C1NS(=O)(=O)c2ccccc21)C(=O)N(C)Cc1ccc(OC(F)(F)F)cc1. The molecule has 1 N–H and O–H groups in total. The van der Waals surface area contributed by atoms with Gasteiger partial charge in [0.2, 0.25) is 5.91 Å². The maximum Gasteiger partial charge on any atom is 0.573 e. The molecule has 0 aliphatic carbocycles. The summed E-state index contributed by atoms with van der Waals surface area (Å²) in [7, 11) is -2.17. The van der Waals surface area contributed by atoms with E-state index in [1.54, 1.807) is 25.2 Å². The third-order valence-corrected chi connectivity index (χ3v) is 6.41. The molecule has 0 aromatic heterocycles. The molecule has 11 heteroatoms. The van der Waals surface area contributed by atoms with E-state index >= 15 is 0 Å². The van der Waals surface area contributed by atoms with Crippen LogP contribution in [0, 0.1) is 0 Å². The summed E-state index contributed by atoms with van der Waals surface area (Å²) in [5, 5.41) is 0. The molecule has 1 atom stereocenters. The van der Waals surface area contributed by atoms with Crippen molar-refractivity contribution in [1.29, 1.82) is 0 Å². The van der Waals surface area contributed by atoms with Crippen molar-refractivity contribution >= 4 is 21.8 Å². The zero-order chi connectivity index (χ0) is 24.2. The van der Waals surface area contributed by atoms with Crippen LogP contribution in [0.4, 0.5) is 13.2 Å². The Labute approximate surface area is 190 Å². The number of carbonyl (C=O) groups is 1. The largest absolute Gasteiger partial charge is 0.573 e. The minimum absolute atomic E-state index is 0.111. The average molecular weight is 484 g/mol. The summed E-state index contributed by atoms with van der Waals surface area (Å²) in [6.07, 6.45) is -2.83. The molecule has 0 bridgehead atoms. The number of aliphatic imine (C=N–C) groups is 1. The van der Waals surface area contributed by atoms with Gasteiger partial charge in [-0.2, -0.15) is 0 Å². The van der Waals surface area contributed by atoms with Crippen molar-refractivity contribution in [3.63, 3.8) is 0 Å². The number of halogens is 3. The van der Waals surface area contributed by atoms with Gasteiger partial charge < -0.3 is 9.64 Å². The van der Waals surface area contributed by atoms with Gasteiger partial charge in [-0.25, -0.2) is 8.42 Å². The minimum Gasteiger partial charge on any atom is -0.406 e. The topological polar surface area (TPSA) is 88.1 Å². The second kappa shape index (κ2) is 9.82. The fourth-order valence-corrected chi connectivity index (χ4v) is 4.67. The second-order valence-corrected chi connectivity index (χ2v) is 9.27. The lowest BCUT2D eigenvalue weighted by atomic mass is 10.1. The van der Waals surface area contributed by atoms with Crippen molar-refractivity contribution in [3.05, 3.63) is 59.7 Å². The lowest BCUT2D eigenvalue weighted by Gasteiger charge is -2.22. The van der Waals surface area contributed by atoms with Crippen LogP contribution in [0.3, 0.4) is 0 Å². The molecule has 1 unspecified atom stereocenters. The standard InChI is InChI=1S/C22H24F3N3O4S/c1-3-4-8-18(26-20-17-7-5-6-9-19(17)33(30,31)27-20)21(29)28(2)14-15-10-12-16(13-11-15)32-22(23,24)25/h5-7,9-13,18H,3-4,8,14H2,1-2H3,(H,26,27). The van der Waals surface area contributed by atoms with Crippen molar-refractivity contribution in [2.45, 2.75) is 50.0 Å². The Balaban J connectivity index is 1.78. The van der Waals surface area contributed by atoms with Crippen molar-refractivity contribution in [3.8, 4) is 5.75 Å². The van der Waals surface area contributed by atoms with Gasteiger partial charge in [-0.15, -0.1) is 13.2 Å². The van der Waals surface area contributed by atoms with E-state index in [1.807, 2.05) is 6.92 Å². The van der Waals surface area contributed by atoms with Crippen molar-refractivity contribution in [2.24, 2.45) is 4.99 Å². The molecule has 0 radical (unpaired) electrons. The zero-order valence-corrected chi connectivity index (χ0v) is 18.9. The number of sulfonamides is 1. The van der Waals surface area contributed by atoms with Gasteiger partial charge >= 0.3 is 6.36 Å². The first-order valence-electron chi connectivity index (χ1n) is 10.3. The summed E-state index contributed by atoms with van der Waals surface area (Å²) in [6, 6.07) is 10.8. The maximum atomic E-state index is 13.1. The van der Waals surface area contributed by atoms with Gasteiger partial charge in [0, 0.05) is 19.2 Å². The Kier molecular flexibility index (Phi) is 7.31. The number of carbonyl (C=O) groups excluding carboxylic acids is 1. The first-order valence-corrected chi connectivity index (χ1v) is 11.8. The number of rotatable bonds is 8. The van der Waals surface area contributed by atoms with Crippen molar-refractivity contribution < 1.29 is 31.1 Å². The molecule has 3 rings (SSSR count). The lowest BCUT2D eigenvalue weighted by Crippen LogP contribution is -2.36. The summed E-state index contributed by atoms with van der Waals surface area (Å²) < 4.78 is 68.0. The van der Waals surface area contributed by atoms with E-state index < -0.39 is 22.4 Å². The average Bonchev–Trinajstić information content (AvgIpc) is 3.01. The molecular formula is C22H24F3N3O4S. The summed E-state index contributed by atoms with van der Waals surface area (Å²) in [5.74, 6) is -0.545. The molecule has 1 amide bonds. The number of ether oxygens (including phenoxy) is 1. The first-order chi connectivity index (χ1) is 15.5. The summed E-state index contributed by atoms with van der Waals surface area (Å²) in [4.78, 5) is 19.1. The van der Waals surface area contributed by atoms with Crippen LogP contribution >= 0.6 is 0 Å². The number of likely N-dealkylation sites (N-methyl/N-ethyl adjacent to an activating group) is 1. The van der Waals surface area contributed by atoms with Gasteiger partial charge in [0.15, 0.2) is 0 Å². The molecule has 1 heterocycles. The summed E-state index contributed by atoms with van der Waals surface area (Å²) in [6.45, 7) is 2.11. The van der Waals surface area contributed by atoms with E-state index in [9.17, 15) is 26.4 Å². The highest BCUT2D eigenvalue weighted by atomic mass is 32.2. The van der Waals surface area contributed by atoms with E-state index in [2.05, 4.69) is 14.5 Å². The van der Waals surface area contributed by atoms with Gasteiger partial charge in [-0.3, -0.25) is 14.5 Å². The van der Waals surface area contributed by atoms with Gasteiger partial charge in [0.1, 0.15) is 17.6 Å². The Morgan fingerprint density at radius 2 is 1.82 bits per heavy atom. The van der Waals surface area contributed by atoms with Crippen LogP contribution in [0.15, 0.2) is 58.4 Å². The number of amidine groups is 1. The Morgan fingerprint density at radius 3 is 2.45 bits per heavy atom. The van der Waals surface area contributed by atoms with Gasteiger partial charge in [0.05, 0.1) is 4.90 Å². The van der Waals surface area contributed by atoms with Crippen LogP contribution in [-0.2, 0) is 21.4 Å². The van der Waals surface area contributed by atoms with Crippen molar-refractivity contribution in [2.75, 3.05) is 7.05 Å². The Hall–Kier alpha value is -3.08. The molecule has 2 aromatic rings. The maximum absolute atomic E-state index is 13.1. The molecule has 2 aromatic carbocycles. The second-order valence-electron chi connectivity index (χ2n) is 7.62. The van der Waals surface area contributed by atoms with Crippen LogP contribution < -0.4 is 9.46 Å². The first kappa shape index (κ1) is 24.6. The Morgan fingerprint density at radius 1 is 1.15 bits per heavy atom. The van der Waals surface area contributed by atoms with E-state index in [1.165, 1.54) is 35.2 Å². The van der Waals surface area contributed by atoms with Gasteiger partial charge in [-0.05, 0) is 36.2 Å². The normalized spacial score (nSPS) is 16.7. The predicted molar refractivity (Wildman–Crippen MR) is 116 cm³/mol. The van der Waals surface area contributed by atoms with E-state index in [4.69, 9.17) is 0 Å². The predicted octanol–water partition coefficient (Wildman–Crippen LogP) is 3.84. The molecule has 7 nitrogen and oxygen atoms in total. The quantitative estimate of drug-likeness (QED) is 0.618. The number of hydrogen-bond acceptors (Lipinski definition) is 5. The van der Waals surface area contributed by atoms with Crippen molar-refractivity contribution in [1.82, 2.24) is 9.62 Å². The number of unbranched alkanes of at least 4 members (excludes halogenated alkanes) is 1. The smallest absolute Gasteiger partial charge is 0.406 e. The van der Waals surface area contributed by atoms with Gasteiger partial charge in [0.25, 0.3) is 10.0 Å². The van der Waals surface area contributed by atoms with Crippen LogP contribution in [0.25, 0.3) is 0 Å². The number of hydrogen-bond donors (Lipinski definition) is 1. The van der Waals surface area contributed by atoms with Crippen LogP contribution in [0.1, 0.15) is 37.3 Å². The number of nitrogens with zero attached hydrogens (tertiary/aromatic N) is 2. The Bertz CT molecular complexity index is 1130. The fourth-order valence-electron chi connectivity index (χ4n) is 3.43. The molecule has 0 spiro atoms. The number of fused-ring (bicyclic) bond motifs is 1. The molecule has 1 aliphatic rings. The monoisotopic (exact) mass is 483 g/mol. The highest BCUT2D eigenvalue weighted by molar-refractivity contribution is 7.90. The summed E-state index contributed by atoms with van der Waals surface area (Å²) >= 11 is 0. The van der Waals surface area contributed by atoms with Crippen LogP contribution in [0.5, 0.6) is 5.75 Å². The molecule has 0 saturated heterocycles. The summed E-state index contributed by atoms with van der Waals surface area (Å²) in [5.41, 5.74) is 1.02. The molecule has 178 valence electrons. The third-order valence-electron chi connectivity index (χ3n) is 5.02. The van der Waals surface area contributed by atoms with E-state index in [0.717, 1.165) is 6.42 Å².